The van der Waals surface area contributed by atoms with Gasteiger partial charge in [0.25, 0.3) is 0 Å². The van der Waals surface area contributed by atoms with Crippen molar-refractivity contribution < 1.29 is 4.79 Å². The SMILES string of the molecule is N#CC(C#N)(C1=CC(=O)CC1)/C1=C/CCCCCC1. The quantitative estimate of drug-likeness (QED) is 0.707. The molecule has 0 aromatic rings. The van der Waals surface area contributed by atoms with Crippen molar-refractivity contribution in [3.8, 4) is 12.1 Å². The lowest BCUT2D eigenvalue weighted by Gasteiger charge is -2.25. The Bertz CT molecular complexity index is 500. The molecule has 0 aliphatic heterocycles. The summed E-state index contributed by atoms with van der Waals surface area (Å²) in [4.78, 5) is 11.4. The average molecular weight is 254 g/mol. The molecule has 98 valence electrons. The standard InChI is InChI=1S/C16H18N2O/c17-11-16(12-18,14-8-9-15(19)10-14)13-6-4-2-1-3-5-7-13/h6,10H,1-5,7-9H2/b13-6+. The van der Waals surface area contributed by atoms with Gasteiger partial charge in [-0.15, -0.1) is 0 Å². The summed E-state index contributed by atoms with van der Waals surface area (Å²) in [5.41, 5.74) is 0.427. The Morgan fingerprint density at radius 1 is 0.947 bits per heavy atom. The number of hydrogen-bond acceptors (Lipinski definition) is 3. The molecule has 0 atom stereocenters. The minimum absolute atomic E-state index is 0.0383. The second kappa shape index (κ2) is 5.85. The molecule has 3 heteroatoms. The Labute approximate surface area is 114 Å². The van der Waals surface area contributed by atoms with Crippen LogP contribution in [0, 0.1) is 28.1 Å². The molecule has 2 aliphatic carbocycles. The van der Waals surface area contributed by atoms with Crippen LogP contribution in [0.2, 0.25) is 0 Å². The van der Waals surface area contributed by atoms with Gasteiger partial charge in [-0.05, 0) is 49.3 Å². The van der Waals surface area contributed by atoms with Crippen LogP contribution in [0.3, 0.4) is 0 Å². The molecule has 0 bridgehead atoms. The van der Waals surface area contributed by atoms with Crippen molar-refractivity contribution >= 4 is 5.78 Å². The lowest BCUT2D eigenvalue weighted by atomic mass is 9.73. The van der Waals surface area contributed by atoms with Crippen LogP contribution in [-0.2, 0) is 4.79 Å². The number of ketones is 1. The topological polar surface area (TPSA) is 64.7 Å². The van der Waals surface area contributed by atoms with Crippen molar-refractivity contribution in [2.45, 2.75) is 51.4 Å². The third kappa shape index (κ3) is 2.61. The molecular weight excluding hydrogens is 236 g/mol. The molecule has 0 aromatic heterocycles. The van der Waals surface area contributed by atoms with Gasteiger partial charge in [0.2, 0.25) is 0 Å². The molecule has 2 aliphatic rings. The van der Waals surface area contributed by atoms with E-state index in [0.717, 1.165) is 37.7 Å². The van der Waals surface area contributed by atoms with E-state index in [1.807, 2.05) is 0 Å². The Morgan fingerprint density at radius 3 is 2.32 bits per heavy atom. The fourth-order valence-electron chi connectivity index (χ4n) is 2.94. The zero-order chi connectivity index (χ0) is 13.7. The number of nitriles is 2. The number of nitrogens with zero attached hydrogens (tertiary/aromatic N) is 2. The predicted molar refractivity (Wildman–Crippen MR) is 71.8 cm³/mol. The first kappa shape index (κ1) is 13.6. The van der Waals surface area contributed by atoms with Crippen LogP contribution >= 0.6 is 0 Å². The summed E-state index contributed by atoms with van der Waals surface area (Å²) in [6, 6.07) is 4.39. The fraction of sp³-hybridized carbons (Fsp3) is 0.562. The van der Waals surface area contributed by atoms with E-state index in [0.29, 0.717) is 18.4 Å². The Balaban J connectivity index is 2.39. The molecule has 2 rings (SSSR count). The van der Waals surface area contributed by atoms with Gasteiger partial charge in [-0.1, -0.05) is 18.9 Å². The van der Waals surface area contributed by atoms with E-state index < -0.39 is 5.41 Å². The van der Waals surface area contributed by atoms with Crippen LogP contribution < -0.4 is 0 Å². The first-order valence-electron chi connectivity index (χ1n) is 6.99. The van der Waals surface area contributed by atoms with Gasteiger partial charge in [0.15, 0.2) is 11.2 Å². The molecular formula is C16H18N2O. The molecule has 3 nitrogen and oxygen atoms in total. The Hall–Kier alpha value is -1.87. The molecule has 0 fully saturated rings. The molecule has 0 saturated carbocycles. The molecule has 0 amide bonds. The Kier molecular flexibility index (Phi) is 4.17. The summed E-state index contributed by atoms with van der Waals surface area (Å²) in [5.74, 6) is 0.0383. The average Bonchev–Trinajstić information content (AvgIpc) is 2.80. The molecule has 0 spiro atoms. The van der Waals surface area contributed by atoms with Crippen LogP contribution in [-0.4, -0.2) is 5.78 Å². The van der Waals surface area contributed by atoms with Gasteiger partial charge in [-0.2, -0.15) is 10.5 Å². The third-order valence-electron chi connectivity index (χ3n) is 4.07. The summed E-state index contributed by atoms with van der Waals surface area (Å²) in [5, 5.41) is 19.1. The second-order valence-electron chi connectivity index (χ2n) is 5.29. The molecule has 0 aromatic carbocycles. The maximum atomic E-state index is 11.4. The fourth-order valence-corrected chi connectivity index (χ4v) is 2.94. The highest BCUT2D eigenvalue weighted by Gasteiger charge is 2.40. The first-order chi connectivity index (χ1) is 9.23. The van der Waals surface area contributed by atoms with E-state index in [4.69, 9.17) is 0 Å². The highest BCUT2D eigenvalue weighted by molar-refractivity contribution is 5.93. The summed E-state index contributed by atoms with van der Waals surface area (Å²) >= 11 is 0. The molecule has 0 heterocycles. The van der Waals surface area contributed by atoms with Crippen LogP contribution in [0.1, 0.15) is 51.4 Å². The van der Waals surface area contributed by atoms with Crippen LogP contribution in [0.4, 0.5) is 0 Å². The smallest absolute Gasteiger partial charge is 0.186 e. The zero-order valence-corrected chi connectivity index (χ0v) is 11.1. The van der Waals surface area contributed by atoms with E-state index in [2.05, 4.69) is 18.2 Å². The van der Waals surface area contributed by atoms with E-state index >= 15 is 0 Å². The van der Waals surface area contributed by atoms with Gasteiger partial charge in [0, 0.05) is 6.42 Å². The van der Waals surface area contributed by atoms with Gasteiger partial charge in [0.05, 0.1) is 12.1 Å². The number of allylic oxidation sites excluding steroid dienone is 4. The zero-order valence-electron chi connectivity index (χ0n) is 11.1. The molecule has 19 heavy (non-hydrogen) atoms. The lowest BCUT2D eigenvalue weighted by molar-refractivity contribution is -0.114. The van der Waals surface area contributed by atoms with E-state index in [-0.39, 0.29) is 5.78 Å². The van der Waals surface area contributed by atoms with Gasteiger partial charge in [-0.3, -0.25) is 4.79 Å². The monoisotopic (exact) mass is 254 g/mol. The maximum Gasteiger partial charge on any atom is 0.186 e. The number of rotatable bonds is 2. The van der Waals surface area contributed by atoms with E-state index in [9.17, 15) is 15.3 Å². The largest absolute Gasteiger partial charge is 0.295 e. The van der Waals surface area contributed by atoms with Gasteiger partial charge in [-0.25, -0.2) is 0 Å². The Morgan fingerprint density at radius 2 is 1.68 bits per heavy atom. The van der Waals surface area contributed by atoms with Crippen LogP contribution in [0.15, 0.2) is 23.3 Å². The van der Waals surface area contributed by atoms with Crippen molar-refractivity contribution in [3.05, 3.63) is 23.3 Å². The van der Waals surface area contributed by atoms with Crippen molar-refractivity contribution in [1.82, 2.24) is 0 Å². The summed E-state index contributed by atoms with van der Waals surface area (Å²) < 4.78 is 0. The molecule has 0 unspecified atom stereocenters. The minimum atomic E-state index is -1.19. The normalized spacial score (nSPS) is 23.4. The maximum absolute atomic E-state index is 11.4. The summed E-state index contributed by atoms with van der Waals surface area (Å²) in [6.45, 7) is 0. The van der Waals surface area contributed by atoms with Crippen molar-refractivity contribution in [2.24, 2.45) is 5.41 Å². The molecule has 0 radical (unpaired) electrons. The van der Waals surface area contributed by atoms with Crippen molar-refractivity contribution in [3.63, 3.8) is 0 Å². The minimum Gasteiger partial charge on any atom is -0.295 e. The van der Waals surface area contributed by atoms with Crippen molar-refractivity contribution in [1.29, 1.82) is 10.5 Å². The first-order valence-corrected chi connectivity index (χ1v) is 6.99. The molecule has 0 saturated heterocycles. The highest BCUT2D eigenvalue weighted by Crippen LogP contribution is 2.42. The number of carbonyl (C=O) groups excluding carboxylic acids is 1. The third-order valence-corrected chi connectivity index (χ3v) is 4.07. The van der Waals surface area contributed by atoms with Gasteiger partial charge in [0.1, 0.15) is 0 Å². The van der Waals surface area contributed by atoms with Gasteiger partial charge < -0.3 is 0 Å². The number of hydrogen-bond donors (Lipinski definition) is 0. The lowest BCUT2D eigenvalue weighted by Crippen LogP contribution is -2.22. The van der Waals surface area contributed by atoms with Crippen molar-refractivity contribution in [2.75, 3.05) is 0 Å². The summed E-state index contributed by atoms with van der Waals surface area (Å²) in [7, 11) is 0. The molecule has 0 N–H and O–H groups in total. The number of carbonyl (C=O) groups is 1. The van der Waals surface area contributed by atoms with E-state index in [1.54, 1.807) is 0 Å². The highest BCUT2D eigenvalue weighted by atomic mass is 16.1. The van der Waals surface area contributed by atoms with E-state index in [1.165, 1.54) is 12.5 Å². The summed E-state index contributed by atoms with van der Waals surface area (Å²) in [6.07, 6.45) is 10.8. The van der Waals surface area contributed by atoms with Crippen LogP contribution in [0.25, 0.3) is 0 Å². The predicted octanol–water partition coefficient (Wildman–Crippen LogP) is 3.59. The second-order valence-corrected chi connectivity index (χ2v) is 5.29. The van der Waals surface area contributed by atoms with Crippen LogP contribution in [0.5, 0.6) is 0 Å². The van der Waals surface area contributed by atoms with Gasteiger partial charge >= 0.3 is 0 Å².